The van der Waals surface area contributed by atoms with Crippen LogP contribution in [0.4, 0.5) is 0 Å². The van der Waals surface area contributed by atoms with Crippen LogP contribution in [-0.4, -0.2) is 30.2 Å². The molecule has 0 radical (unpaired) electrons. The molecule has 1 N–H and O–H groups in total. The number of aromatic nitrogens is 2. The largest absolute Gasteiger partial charge is 0.493 e. The number of nitrogens with one attached hydrogen (secondary N) is 1. The SMILES string of the molecule is CCCc1cn[nH]c1-c1ccc(OC)c(OC2CCCO2)c1. The zero-order valence-electron chi connectivity index (χ0n) is 13.1. The normalized spacial score (nSPS) is 17.6. The summed E-state index contributed by atoms with van der Waals surface area (Å²) < 4.78 is 16.9. The first-order valence-electron chi connectivity index (χ1n) is 7.80. The topological polar surface area (TPSA) is 56.4 Å². The van der Waals surface area contributed by atoms with E-state index in [4.69, 9.17) is 14.2 Å². The van der Waals surface area contributed by atoms with Crippen LogP contribution in [0.5, 0.6) is 11.5 Å². The Morgan fingerprint density at radius 3 is 3.00 bits per heavy atom. The van der Waals surface area contributed by atoms with Crippen molar-refractivity contribution < 1.29 is 14.2 Å². The van der Waals surface area contributed by atoms with E-state index in [1.54, 1.807) is 7.11 Å². The lowest BCUT2D eigenvalue weighted by Crippen LogP contribution is -2.14. The third-order valence-electron chi connectivity index (χ3n) is 3.84. The van der Waals surface area contributed by atoms with E-state index in [0.717, 1.165) is 49.3 Å². The van der Waals surface area contributed by atoms with Crippen LogP contribution >= 0.6 is 0 Å². The third kappa shape index (κ3) is 3.09. The summed E-state index contributed by atoms with van der Waals surface area (Å²) >= 11 is 0. The smallest absolute Gasteiger partial charge is 0.200 e. The molecule has 5 heteroatoms. The molecule has 0 aliphatic carbocycles. The van der Waals surface area contributed by atoms with Gasteiger partial charge in [0, 0.05) is 12.0 Å². The number of hydrogen-bond acceptors (Lipinski definition) is 4. The first-order valence-corrected chi connectivity index (χ1v) is 7.80. The van der Waals surface area contributed by atoms with Gasteiger partial charge in [0.05, 0.1) is 25.6 Å². The van der Waals surface area contributed by atoms with E-state index in [9.17, 15) is 0 Å². The second-order valence-electron chi connectivity index (χ2n) is 5.45. The molecule has 1 fully saturated rings. The van der Waals surface area contributed by atoms with Gasteiger partial charge in [-0.2, -0.15) is 5.10 Å². The van der Waals surface area contributed by atoms with Crippen molar-refractivity contribution in [2.24, 2.45) is 0 Å². The molecule has 5 nitrogen and oxygen atoms in total. The minimum Gasteiger partial charge on any atom is -0.493 e. The van der Waals surface area contributed by atoms with Crippen LogP contribution in [0.25, 0.3) is 11.3 Å². The Kier molecular flexibility index (Phi) is 4.63. The van der Waals surface area contributed by atoms with Crippen molar-refractivity contribution in [1.29, 1.82) is 0 Å². The van der Waals surface area contributed by atoms with Crippen LogP contribution in [0.2, 0.25) is 0 Å². The zero-order valence-corrected chi connectivity index (χ0v) is 13.1. The van der Waals surface area contributed by atoms with Crippen LogP contribution in [0.1, 0.15) is 31.7 Å². The average Bonchev–Trinajstić information content (AvgIpc) is 3.19. The van der Waals surface area contributed by atoms with Crippen LogP contribution in [0.15, 0.2) is 24.4 Å². The number of nitrogens with zero attached hydrogens (tertiary/aromatic N) is 1. The first kappa shape index (κ1) is 14.9. The van der Waals surface area contributed by atoms with E-state index in [-0.39, 0.29) is 6.29 Å². The quantitative estimate of drug-likeness (QED) is 0.886. The Balaban J connectivity index is 1.90. The van der Waals surface area contributed by atoms with Gasteiger partial charge in [0.15, 0.2) is 17.8 Å². The fourth-order valence-electron chi connectivity index (χ4n) is 2.73. The predicted molar refractivity (Wildman–Crippen MR) is 84.2 cm³/mol. The van der Waals surface area contributed by atoms with Crippen molar-refractivity contribution in [2.45, 2.75) is 38.9 Å². The summed E-state index contributed by atoms with van der Waals surface area (Å²) in [5, 5.41) is 7.26. The number of hydrogen-bond donors (Lipinski definition) is 1. The molecule has 118 valence electrons. The maximum atomic E-state index is 5.95. The summed E-state index contributed by atoms with van der Waals surface area (Å²) in [6, 6.07) is 5.94. The number of H-pyrrole nitrogens is 1. The number of benzene rings is 1. The van der Waals surface area contributed by atoms with Gasteiger partial charge in [0.25, 0.3) is 0 Å². The Morgan fingerprint density at radius 2 is 2.27 bits per heavy atom. The molecular formula is C17H22N2O3. The van der Waals surface area contributed by atoms with Crippen molar-refractivity contribution in [2.75, 3.05) is 13.7 Å². The Hall–Kier alpha value is -2.01. The van der Waals surface area contributed by atoms with Gasteiger partial charge in [-0.25, -0.2) is 0 Å². The standard InChI is InChI=1S/C17H22N2O3/c1-3-5-13-11-18-19-17(13)12-7-8-14(20-2)15(10-12)22-16-6-4-9-21-16/h7-8,10-11,16H,3-6,9H2,1-2H3,(H,18,19). The molecule has 0 amide bonds. The van der Waals surface area contributed by atoms with E-state index >= 15 is 0 Å². The van der Waals surface area contributed by atoms with E-state index in [1.165, 1.54) is 5.56 Å². The van der Waals surface area contributed by atoms with Crippen molar-refractivity contribution in [3.8, 4) is 22.8 Å². The first-order chi connectivity index (χ1) is 10.8. The highest BCUT2D eigenvalue weighted by Gasteiger charge is 2.20. The molecule has 2 aromatic rings. The third-order valence-corrected chi connectivity index (χ3v) is 3.84. The number of ether oxygens (including phenoxy) is 3. The van der Waals surface area contributed by atoms with Crippen molar-refractivity contribution in [3.63, 3.8) is 0 Å². The molecular weight excluding hydrogens is 280 g/mol. The van der Waals surface area contributed by atoms with E-state index < -0.39 is 0 Å². The molecule has 0 bridgehead atoms. The lowest BCUT2D eigenvalue weighted by Gasteiger charge is -2.16. The maximum absolute atomic E-state index is 5.95. The summed E-state index contributed by atoms with van der Waals surface area (Å²) in [5.74, 6) is 1.43. The molecule has 22 heavy (non-hydrogen) atoms. The molecule has 1 aromatic heterocycles. The predicted octanol–water partition coefficient (Wildman–Crippen LogP) is 3.55. The Bertz CT molecular complexity index is 618. The van der Waals surface area contributed by atoms with E-state index in [2.05, 4.69) is 17.1 Å². The highest BCUT2D eigenvalue weighted by Crippen LogP contribution is 2.35. The highest BCUT2D eigenvalue weighted by atomic mass is 16.7. The van der Waals surface area contributed by atoms with E-state index in [1.807, 2.05) is 24.4 Å². The van der Waals surface area contributed by atoms with Gasteiger partial charge in [-0.05, 0) is 36.6 Å². The highest BCUT2D eigenvalue weighted by molar-refractivity contribution is 5.66. The molecule has 1 aliphatic rings. The van der Waals surface area contributed by atoms with Crippen molar-refractivity contribution in [1.82, 2.24) is 10.2 Å². The molecule has 2 heterocycles. The molecule has 1 unspecified atom stereocenters. The molecule has 1 aromatic carbocycles. The Labute approximate surface area is 130 Å². The summed E-state index contributed by atoms with van der Waals surface area (Å²) in [4.78, 5) is 0. The average molecular weight is 302 g/mol. The molecule has 1 aliphatic heterocycles. The zero-order chi connectivity index (χ0) is 15.4. The van der Waals surface area contributed by atoms with Gasteiger partial charge in [0.2, 0.25) is 0 Å². The number of methoxy groups -OCH3 is 1. The second-order valence-corrected chi connectivity index (χ2v) is 5.45. The van der Waals surface area contributed by atoms with Crippen LogP contribution in [0.3, 0.4) is 0 Å². The fourth-order valence-corrected chi connectivity index (χ4v) is 2.73. The lowest BCUT2D eigenvalue weighted by atomic mass is 10.0. The van der Waals surface area contributed by atoms with Crippen LogP contribution < -0.4 is 9.47 Å². The van der Waals surface area contributed by atoms with E-state index in [0.29, 0.717) is 5.75 Å². The lowest BCUT2D eigenvalue weighted by molar-refractivity contribution is -0.0402. The minimum absolute atomic E-state index is 0.180. The van der Waals surface area contributed by atoms with Gasteiger partial charge in [-0.3, -0.25) is 5.10 Å². The second kappa shape index (κ2) is 6.83. The Morgan fingerprint density at radius 1 is 1.36 bits per heavy atom. The summed E-state index contributed by atoms with van der Waals surface area (Å²) in [6.07, 6.45) is 5.75. The molecule has 0 saturated carbocycles. The molecule has 1 atom stereocenters. The fraction of sp³-hybridized carbons (Fsp3) is 0.471. The number of aryl methyl sites for hydroxylation is 1. The van der Waals surface area contributed by atoms with Gasteiger partial charge in [0.1, 0.15) is 0 Å². The number of aromatic amines is 1. The van der Waals surface area contributed by atoms with Gasteiger partial charge in [-0.15, -0.1) is 0 Å². The monoisotopic (exact) mass is 302 g/mol. The summed E-state index contributed by atoms with van der Waals surface area (Å²) in [6.45, 7) is 2.92. The van der Waals surface area contributed by atoms with Crippen molar-refractivity contribution >= 4 is 0 Å². The minimum atomic E-state index is -0.180. The van der Waals surface area contributed by atoms with Crippen LogP contribution in [-0.2, 0) is 11.2 Å². The summed E-state index contributed by atoms with van der Waals surface area (Å²) in [7, 11) is 1.65. The number of rotatable bonds is 6. The molecule has 1 saturated heterocycles. The van der Waals surface area contributed by atoms with Gasteiger partial charge < -0.3 is 14.2 Å². The van der Waals surface area contributed by atoms with Gasteiger partial charge >= 0.3 is 0 Å². The maximum Gasteiger partial charge on any atom is 0.200 e. The molecule has 0 spiro atoms. The summed E-state index contributed by atoms with van der Waals surface area (Å²) in [5.41, 5.74) is 3.31. The van der Waals surface area contributed by atoms with Crippen molar-refractivity contribution in [3.05, 3.63) is 30.0 Å². The molecule has 3 rings (SSSR count). The van der Waals surface area contributed by atoms with Gasteiger partial charge in [-0.1, -0.05) is 13.3 Å². The van der Waals surface area contributed by atoms with Crippen LogP contribution in [0, 0.1) is 0 Å².